The number of carbonyl (C=O) groups is 1. The number of urea groups is 1. The van der Waals surface area contributed by atoms with Gasteiger partial charge in [-0.3, -0.25) is 0 Å². The van der Waals surface area contributed by atoms with Gasteiger partial charge in [0, 0.05) is 18.8 Å². The number of benzene rings is 1. The molecule has 1 unspecified atom stereocenters. The van der Waals surface area contributed by atoms with Crippen LogP contribution in [0.1, 0.15) is 31.7 Å². The zero-order chi connectivity index (χ0) is 15.7. The second-order valence-electron chi connectivity index (χ2n) is 4.81. The Morgan fingerprint density at radius 3 is 2.81 bits per heavy atom. The molecular formula is C15H20ClN3O2. The molecule has 0 aromatic heterocycles. The maximum atomic E-state index is 11.8. The Kier molecular flexibility index (Phi) is 7.59. The van der Waals surface area contributed by atoms with Crippen molar-refractivity contribution in [2.75, 3.05) is 18.5 Å². The van der Waals surface area contributed by atoms with E-state index < -0.39 is 0 Å². The van der Waals surface area contributed by atoms with Crippen LogP contribution in [0.4, 0.5) is 10.5 Å². The number of nitrogens with zero attached hydrogens (tertiary/aromatic N) is 1. The molecule has 5 nitrogen and oxygen atoms in total. The molecule has 0 fully saturated rings. The summed E-state index contributed by atoms with van der Waals surface area (Å²) in [6.45, 7) is 2.71. The SMILES string of the molecule is CCCC(CCO)CNC(=O)Nc1ccc(C#N)c(Cl)c1. The molecule has 1 rings (SSSR count). The topological polar surface area (TPSA) is 85.2 Å². The number of aliphatic hydroxyl groups excluding tert-OH is 1. The standard InChI is InChI=1S/C15H20ClN3O2/c1-2-3-11(6-7-20)10-18-15(21)19-13-5-4-12(9-17)14(16)8-13/h4-5,8,11,20H,2-3,6-7,10H2,1H3,(H2,18,19,21). The summed E-state index contributed by atoms with van der Waals surface area (Å²) in [5.74, 6) is 0.273. The van der Waals surface area contributed by atoms with Crippen LogP contribution in [0.3, 0.4) is 0 Å². The average molecular weight is 310 g/mol. The molecule has 0 saturated heterocycles. The van der Waals surface area contributed by atoms with E-state index in [1.165, 1.54) is 6.07 Å². The van der Waals surface area contributed by atoms with E-state index in [0.29, 0.717) is 29.2 Å². The first-order valence-corrected chi connectivity index (χ1v) is 7.33. The third kappa shape index (κ3) is 6.03. The van der Waals surface area contributed by atoms with Gasteiger partial charge in [-0.05, 0) is 37.0 Å². The summed E-state index contributed by atoms with van der Waals surface area (Å²) in [7, 11) is 0. The van der Waals surface area contributed by atoms with Gasteiger partial charge in [0.25, 0.3) is 0 Å². The third-order valence-electron chi connectivity index (χ3n) is 3.13. The van der Waals surface area contributed by atoms with Crippen LogP contribution in [0.5, 0.6) is 0 Å². The van der Waals surface area contributed by atoms with Crippen molar-refractivity contribution in [3.05, 3.63) is 28.8 Å². The fraction of sp³-hybridized carbons (Fsp3) is 0.467. The molecule has 1 aromatic carbocycles. The molecule has 0 radical (unpaired) electrons. The fourth-order valence-electron chi connectivity index (χ4n) is 2.04. The molecule has 0 heterocycles. The van der Waals surface area contributed by atoms with E-state index >= 15 is 0 Å². The average Bonchev–Trinajstić information content (AvgIpc) is 2.45. The van der Waals surface area contributed by atoms with E-state index in [1.807, 2.05) is 6.07 Å². The zero-order valence-corrected chi connectivity index (χ0v) is 12.8. The van der Waals surface area contributed by atoms with Gasteiger partial charge in [-0.2, -0.15) is 5.26 Å². The highest BCUT2D eigenvalue weighted by molar-refractivity contribution is 6.32. The molecule has 0 spiro atoms. The first-order valence-electron chi connectivity index (χ1n) is 6.96. The van der Waals surface area contributed by atoms with E-state index in [-0.39, 0.29) is 18.6 Å². The number of amides is 2. The van der Waals surface area contributed by atoms with E-state index in [4.69, 9.17) is 22.0 Å². The van der Waals surface area contributed by atoms with Crippen LogP contribution in [0.15, 0.2) is 18.2 Å². The van der Waals surface area contributed by atoms with Crippen molar-refractivity contribution in [3.8, 4) is 6.07 Å². The second kappa shape index (κ2) is 9.22. The summed E-state index contributed by atoms with van der Waals surface area (Å²) >= 11 is 5.90. The smallest absolute Gasteiger partial charge is 0.319 e. The summed E-state index contributed by atoms with van der Waals surface area (Å²) in [6, 6.07) is 6.36. The molecule has 1 atom stereocenters. The van der Waals surface area contributed by atoms with Crippen LogP contribution in [-0.4, -0.2) is 24.3 Å². The Balaban J connectivity index is 2.50. The Hall–Kier alpha value is -1.77. The van der Waals surface area contributed by atoms with Crippen LogP contribution in [0, 0.1) is 17.2 Å². The van der Waals surface area contributed by atoms with Crippen molar-refractivity contribution in [3.63, 3.8) is 0 Å². The van der Waals surface area contributed by atoms with Gasteiger partial charge in [0.2, 0.25) is 0 Å². The lowest BCUT2D eigenvalue weighted by atomic mass is 10.0. The predicted octanol–water partition coefficient (Wildman–Crippen LogP) is 3.13. The number of aliphatic hydroxyl groups is 1. The van der Waals surface area contributed by atoms with Crippen molar-refractivity contribution in [2.24, 2.45) is 5.92 Å². The molecule has 6 heteroatoms. The van der Waals surface area contributed by atoms with Crippen molar-refractivity contribution < 1.29 is 9.90 Å². The summed E-state index contributed by atoms with van der Waals surface area (Å²) in [5, 5.41) is 23.5. The van der Waals surface area contributed by atoms with Gasteiger partial charge in [0.05, 0.1) is 10.6 Å². The molecule has 0 bridgehead atoms. The molecule has 0 aliphatic carbocycles. The highest BCUT2D eigenvalue weighted by Gasteiger charge is 2.10. The monoisotopic (exact) mass is 309 g/mol. The van der Waals surface area contributed by atoms with Gasteiger partial charge in [0.15, 0.2) is 0 Å². The highest BCUT2D eigenvalue weighted by Crippen LogP contribution is 2.20. The van der Waals surface area contributed by atoms with Crippen LogP contribution < -0.4 is 10.6 Å². The molecule has 0 aliphatic rings. The van der Waals surface area contributed by atoms with Gasteiger partial charge < -0.3 is 15.7 Å². The lowest BCUT2D eigenvalue weighted by Gasteiger charge is -2.16. The molecule has 0 saturated carbocycles. The Labute approximate surface area is 129 Å². The van der Waals surface area contributed by atoms with E-state index in [9.17, 15) is 4.79 Å². The number of halogens is 1. The first kappa shape index (κ1) is 17.3. The molecule has 3 N–H and O–H groups in total. The number of nitriles is 1. The second-order valence-corrected chi connectivity index (χ2v) is 5.22. The van der Waals surface area contributed by atoms with Gasteiger partial charge in [-0.25, -0.2) is 4.79 Å². The van der Waals surface area contributed by atoms with Gasteiger partial charge >= 0.3 is 6.03 Å². The number of hydrogen-bond acceptors (Lipinski definition) is 3. The maximum Gasteiger partial charge on any atom is 0.319 e. The lowest BCUT2D eigenvalue weighted by Crippen LogP contribution is -2.33. The van der Waals surface area contributed by atoms with Crippen LogP contribution >= 0.6 is 11.6 Å². The predicted molar refractivity (Wildman–Crippen MR) is 83.3 cm³/mol. The quantitative estimate of drug-likeness (QED) is 0.723. The summed E-state index contributed by atoms with van der Waals surface area (Å²) < 4.78 is 0. The minimum absolute atomic E-state index is 0.124. The van der Waals surface area contributed by atoms with Crippen molar-refractivity contribution >= 4 is 23.3 Å². The largest absolute Gasteiger partial charge is 0.396 e. The Morgan fingerprint density at radius 2 is 2.24 bits per heavy atom. The van der Waals surface area contributed by atoms with Gasteiger partial charge in [0.1, 0.15) is 6.07 Å². The summed E-state index contributed by atoms with van der Waals surface area (Å²) in [6.07, 6.45) is 2.65. The molecular weight excluding hydrogens is 290 g/mol. The molecule has 2 amide bonds. The van der Waals surface area contributed by atoms with Gasteiger partial charge in [-0.1, -0.05) is 24.9 Å². The molecule has 0 aliphatic heterocycles. The first-order chi connectivity index (χ1) is 10.1. The Bertz CT molecular complexity index is 508. The van der Waals surface area contributed by atoms with Crippen molar-refractivity contribution in [1.82, 2.24) is 5.32 Å². The van der Waals surface area contributed by atoms with Crippen LogP contribution in [0.2, 0.25) is 5.02 Å². The normalized spacial score (nSPS) is 11.5. The molecule has 114 valence electrons. The van der Waals surface area contributed by atoms with E-state index in [1.54, 1.807) is 12.1 Å². The van der Waals surface area contributed by atoms with Gasteiger partial charge in [-0.15, -0.1) is 0 Å². The highest BCUT2D eigenvalue weighted by atomic mass is 35.5. The minimum atomic E-state index is -0.324. The lowest BCUT2D eigenvalue weighted by molar-refractivity contribution is 0.237. The minimum Gasteiger partial charge on any atom is -0.396 e. The zero-order valence-electron chi connectivity index (χ0n) is 12.0. The summed E-state index contributed by atoms with van der Waals surface area (Å²) in [5.41, 5.74) is 0.902. The number of carbonyl (C=O) groups excluding carboxylic acids is 1. The summed E-state index contributed by atoms with van der Waals surface area (Å²) in [4.78, 5) is 11.8. The number of anilines is 1. The van der Waals surface area contributed by atoms with E-state index in [2.05, 4.69) is 17.6 Å². The van der Waals surface area contributed by atoms with Crippen LogP contribution in [0.25, 0.3) is 0 Å². The van der Waals surface area contributed by atoms with Crippen LogP contribution in [-0.2, 0) is 0 Å². The number of rotatable bonds is 7. The Morgan fingerprint density at radius 1 is 1.48 bits per heavy atom. The molecule has 21 heavy (non-hydrogen) atoms. The number of hydrogen-bond donors (Lipinski definition) is 3. The van der Waals surface area contributed by atoms with E-state index in [0.717, 1.165) is 12.8 Å². The van der Waals surface area contributed by atoms with Crippen molar-refractivity contribution in [1.29, 1.82) is 5.26 Å². The van der Waals surface area contributed by atoms with Crippen molar-refractivity contribution in [2.45, 2.75) is 26.2 Å². The number of nitrogens with one attached hydrogen (secondary N) is 2. The molecule has 1 aromatic rings. The fourth-order valence-corrected chi connectivity index (χ4v) is 2.26. The third-order valence-corrected chi connectivity index (χ3v) is 3.45. The maximum absolute atomic E-state index is 11.8.